The molecule has 21 heavy (non-hydrogen) atoms. The van der Waals surface area contributed by atoms with E-state index in [1.165, 1.54) is 25.7 Å². The fourth-order valence-electron chi connectivity index (χ4n) is 2.97. The SMILES string of the molecule is Cc1nccn1-c1ncccc1NC(=O)CC1CCCC1. The Kier molecular flexibility index (Phi) is 3.99. The van der Waals surface area contributed by atoms with Gasteiger partial charge < -0.3 is 5.32 Å². The van der Waals surface area contributed by atoms with Crippen LogP contribution >= 0.6 is 0 Å². The largest absolute Gasteiger partial charge is 0.323 e. The minimum Gasteiger partial charge on any atom is -0.323 e. The molecule has 0 spiro atoms. The van der Waals surface area contributed by atoms with Crippen LogP contribution in [0.1, 0.15) is 37.9 Å². The van der Waals surface area contributed by atoms with E-state index in [0.717, 1.165) is 11.5 Å². The van der Waals surface area contributed by atoms with E-state index >= 15 is 0 Å². The van der Waals surface area contributed by atoms with Gasteiger partial charge in [-0.2, -0.15) is 0 Å². The maximum absolute atomic E-state index is 12.2. The number of hydrogen-bond acceptors (Lipinski definition) is 3. The molecular formula is C16H20N4O. The van der Waals surface area contributed by atoms with Crippen molar-refractivity contribution in [3.63, 3.8) is 0 Å². The lowest BCUT2D eigenvalue weighted by molar-refractivity contribution is -0.117. The average molecular weight is 284 g/mol. The van der Waals surface area contributed by atoms with E-state index in [2.05, 4.69) is 15.3 Å². The molecule has 2 aromatic heterocycles. The predicted molar refractivity (Wildman–Crippen MR) is 81.3 cm³/mol. The predicted octanol–water partition coefficient (Wildman–Crippen LogP) is 3.09. The number of carbonyl (C=O) groups excluding carboxylic acids is 1. The molecule has 0 aromatic carbocycles. The second kappa shape index (κ2) is 6.08. The van der Waals surface area contributed by atoms with Crippen LogP contribution in [0.3, 0.4) is 0 Å². The van der Waals surface area contributed by atoms with Gasteiger partial charge in [-0.3, -0.25) is 9.36 Å². The Morgan fingerprint density at radius 1 is 1.33 bits per heavy atom. The zero-order valence-corrected chi connectivity index (χ0v) is 12.2. The summed E-state index contributed by atoms with van der Waals surface area (Å²) in [4.78, 5) is 20.8. The molecule has 0 atom stereocenters. The highest BCUT2D eigenvalue weighted by molar-refractivity contribution is 5.92. The molecule has 5 heteroatoms. The molecule has 3 rings (SSSR count). The fraction of sp³-hybridized carbons (Fsp3) is 0.438. The lowest BCUT2D eigenvalue weighted by atomic mass is 10.0. The Labute approximate surface area is 124 Å². The highest BCUT2D eigenvalue weighted by atomic mass is 16.1. The van der Waals surface area contributed by atoms with Gasteiger partial charge in [0.15, 0.2) is 5.82 Å². The first-order valence-corrected chi connectivity index (χ1v) is 7.49. The average Bonchev–Trinajstić information content (AvgIpc) is 3.11. The van der Waals surface area contributed by atoms with Crippen LogP contribution in [0.25, 0.3) is 5.82 Å². The monoisotopic (exact) mass is 284 g/mol. The summed E-state index contributed by atoms with van der Waals surface area (Å²) < 4.78 is 1.88. The van der Waals surface area contributed by atoms with E-state index in [-0.39, 0.29) is 5.91 Å². The maximum Gasteiger partial charge on any atom is 0.224 e. The standard InChI is InChI=1S/C16H20N4O/c1-12-17-9-10-20(12)16-14(7-4-8-18-16)19-15(21)11-13-5-2-3-6-13/h4,7-10,13H,2-3,5-6,11H2,1H3,(H,19,21). The number of hydrogen-bond donors (Lipinski definition) is 1. The minimum absolute atomic E-state index is 0.0777. The molecule has 1 saturated carbocycles. The summed E-state index contributed by atoms with van der Waals surface area (Å²) in [6, 6.07) is 3.72. The number of aromatic nitrogens is 3. The normalized spacial score (nSPS) is 15.3. The summed E-state index contributed by atoms with van der Waals surface area (Å²) in [7, 11) is 0. The van der Waals surface area contributed by atoms with E-state index < -0.39 is 0 Å². The van der Waals surface area contributed by atoms with Crippen LogP contribution in [-0.2, 0) is 4.79 Å². The Morgan fingerprint density at radius 2 is 2.14 bits per heavy atom. The van der Waals surface area contributed by atoms with Crippen LogP contribution in [0.15, 0.2) is 30.7 Å². The first kappa shape index (κ1) is 13.8. The molecule has 2 heterocycles. The van der Waals surface area contributed by atoms with E-state index in [4.69, 9.17) is 0 Å². The van der Waals surface area contributed by atoms with Crippen LogP contribution in [-0.4, -0.2) is 20.4 Å². The van der Waals surface area contributed by atoms with E-state index in [1.807, 2.05) is 29.8 Å². The van der Waals surface area contributed by atoms with Gasteiger partial charge in [0.2, 0.25) is 5.91 Å². The van der Waals surface area contributed by atoms with Gasteiger partial charge in [-0.15, -0.1) is 0 Å². The zero-order valence-electron chi connectivity index (χ0n) is 12.2. The van der Waals surface area contributed by atoms with Crippen molar-refractivity contribution in [1.29, 1.82) is 0 Å². The Bertz CT molecular complexity index is 629. The molecule has 0 unspecified atom stereocenters. The van der Waals surface area contributed by atoms with Crippen molar-refractivity contribution in [2.45, 2.75) is 39.0 Å². The third kappa shape index (κ3) is 3.12. The first-order chi connectivity index (χ1) is 10.2. The van der Waals surface area contributed by atoms with Crippen molar-refractivity contribution >= 4 is 11.6 Å². The molecule has 0 aliphatic heterocycles. The lowest BCUT2D eigenvalue weighted by Crippen LogP contribution is -2.17. The van der Waals surface area contributed by atoms with Crippen LogP contribution < -0.4 is 5.32 Å². The number of carbonyl (C=O) groups is 1. The van der Waals surface area contributed by atoms with Gasteiger partial charge >= 0.3 is 0 Å². The second-order valence-corrected chi connectivity index (χ2v) is 5.62. The molecular weight excluding hydrogens is 264 g/mol. The quantitative estimate of drug-likeness (QED) is 0.938. The number of rotatable bonds is 4. The van der Waals surface area contributed by atoms with Gasteiger partial charge in [-0.05, 0) is 37.8 Å². The van der Waals surface area contributed by atoms with Crippen molar-refractivity contribution < 1.29 is 4.79 Å². The van der Waals surface area contributed by atoms with Gasteiger partial charge in [-0.1, -0.05) is 12.8 Å². The second-order valence-electron chi connectivity index (χ2n) is 5.62. The van der Waals surface area contributed by atoms with Gasteiger partial charge in [-0.25, -0.2) is 9.97 Å². The summed E-state index contributed by atoms with van der Waals surface area (Å²) >= 11 is 0. The van der Waals surface area contributed by atoms with Crippen molar-refractivity contribution in [2.24, 2.45) is 5.92 Å². The number of nitrogens with zero attached hydrogens (tertiary/aromatic N) is 3. The molecule has 1 aliphatic carbocycles. The summed E-state index contributed by atoms with van der Waals surface area (Å²) in [6.07, 6.45) is 10.8. The first-order valence-electron chi connectivity index (χ1n) is 7.49. The molecule has 2 aromatic rings. The number of nitrogens with one attached hydrogen (secondary N) is 1. The zero-order chi connectivity index (χ0) is 14.7. The molecule has 1 N–H and O–H groups in total. The maximum atomic E-state index is 12.2. The Morgan fingerprint density at radius 3 is 2.86 bits per heavy atom. The molecule has 0 radical (unpaired) electrons. The summed E-state index contributed by atoms with van der Waals surface area (Å²) in [5.74, 6) is 2.18. The highest BCUT2D eigenvalue weighted by Crippen LogP contribution is 2.28. The molecule has 1 aliphatic rings. The summed E-state index contributed by atoms with van der Waals surface area (Å²) in [5.41, 5.74) is 0.738. The Balaban J connectivity index is 1.76. The number of anilines is 1. The molecule has 0 bridgehead atoms. The number of aryl methyl sites for hydroxylation is 1. The van der Waals surface area contributed by atoms with E-state index in [1.54, 1.807) is 12.4 Å². The van der Waals surface area contributed by atoms with E-state index in [9.17, 15) is 4.79 Å². The smallest absolute Gasteiger partial charge is 0.224 e. The van der Waals surface area contributed by atoms with Gasteiger partial charge in [0, 0.05) is 25.0 Å². The van der Waals surface area contributed by atoms with Crippen LogP contribution in [0.4, 0.5) is 5.69 Å². The molecule has 110 valence electrons. The topological polar surface area (TPSA) is 59.8 Å². The van der Waals surface area contributed by atoms with Gasteiger partial charge in [0.1, 0.15) is 5.82 Å². The molecule has 5 nitrogen and oxygen atoms in total. The Hall–Kier alpha value is -2.17. The number of pyridine rings is 1. The molecule has 0 saturated heterocycles. The lowest BCUT2D eigenvalue weighted by Gasteiger charge is -2.13. The van der Waals surface area contributed by atoms with Crippen molar-refractivity contribution in [3.05, 3.63) is 36.5 Å². The minimum atomic E-state index is 0.0777. The fourth-order valence-corrected chi connectivity index (χ4v) is 2.97. The number of amides is 1. The third-order valence-electron chi connectivity index (χ3n) is 4.06. The van der Waals surface area contributed by atoms with Crippen molar-refractivity contribution in [2.75, 3.05) is 5.32 Å². The summed E-state index contributed by atoms with van der Waals surface area (Å²) in [6.45, 7) is 1.92. The van der Waals surface area contributed by atoms with Crippen molar-refractivity contribution in [1.82, 2.24) is 14.5 Å². The van der Waals surface area contributed by atoms with Crippen LogP contribution in [0.5, 0.6) is 0 Å². The van der Waals surface area contributed by atoms with Crippen molar-refractivity contribution in [3.8, 4) is 5.82 Å². The highest BCUT2D eigenvalue weighted by Gasteiger charge is 2.19. The van der Waals surface area contributed by atoms with Gasteiger partial charge in [0.25, 0.3) is 0 Å². The third-order valence-corrected chi connectivity index (χ3v) is 4.06. The summed E-state index contributed by atoms with van der Waals surface area (Å²) in [5, 5.41) is 3.00. The molecule has 1 amide bonds. The van der Waals surface area contributed by atoms with Crippen LogP contribution in [0.2, 0.25) is 0 Å². The molecule has 1 fully saturated rings. The number of imidazole rings is 1. The van der Waals surface area contributed by atoms with E-state index in [0.29, 0.717) is 18.2 Å². The van der Waals surface area contributed by atoms with Gasteiger partial charge in [0.05, 0.1) is 5.69 Å². The van der Waals surface area contributed by atoms with Crippen LogP contribution in [0, 0.1) is 12.8 Å².